The summed E-state index contributed by atoms with van der Waals surface area (Å²) in [4.78, 5) is 37.7. The Kier molecular flexibility index (Phi) is 43.8. The van der Waals surface area contributed by atoms with Gasteiger partial charge in [-0.3, -0.25) is 14.2 Å². The molecule has 0 heterocycles. The van der Waals surface area contributed by atoms with Gasteiger partial charge in [0.25, 0.3) is 7.82 Å². The lowest BCUT2D eigenvalue weighted by atomic mass is 10.0. The maximum absolute atomic E-state index is 12.7. The minimum absolute atomic E-state index is 0.0385. The number of allylic oxidation sites excluding steroid dienone is 12. The molecule has 0 aromatic rings. The van der Waals surface area contributed by atoms with Crippen LogP contribution in [-0.2, 0) is 32.7 Å². The van der Waals surface area contributed by atoms with Crippen LogP contribution in [0.15, 0.2) is 72.9 Å². The van der Waals surface area contributed by atoms with Gasteiger partial charge in [-0.05, 0) is 64.2 Å². The second kappa shape index (κ2) is 45.6. The van der Waals surface area contributed by atoms with Crippen molar-refractivity contribution >= 4 is 19.8 Å². The van der Waals surface area contributed by atoms with Crippen LogP contribution in [0.2, 0.25) is 0 Å². The molecule has 0 fully saturated rings. The van der Waals surface area contributed by atoms with Crippen molar-refractivity contribution in [2.75, 3.05) is 47.5 Å². The molecule has 0 bridgehead atoms. The SMILES string of the molecule is CC/C=C\C/C=C\C/C=C\C/C=C\C/C=C\C/C=C\CCCCCCC(=O)OC(COC(=O)CCCCCCCCCCCCCCCCCCC)COP(=O)([O-])OCC[N+](C)(C)C. The third kappa shape index (κ3) is 48.9. The van der Waals surface area contributed by atoms with E-state index in [9.17, 15) is 19.0 Å². The molecule has 0 aromatic carbocycles. The van der Waals surface area contributed by atoms with E-state index in [1.807, 2.05) is 21.1 Å². The van der Waals surface area contributed by atoms with E-state index in [0.29, 0.717) is 17.4 Å². The maximum Gasteiger partial charge on any atom is 0.306 e. The van der Waals surface area contributed by atoms with Gasteiger partial charge in [-0.15, -0.1) is 0 Å². The Morgan fingerprint density at radius 3 is 1.33 bits per heavy atom. The van der Waals surface area contributed by atoms with Crippen molar-refractivity contribution in [3.05, 3.63) is 72.9 Å². The monoisotopic (exact) mass is 918 g/mol. The first-order valence-electron chi connectivity index (χ1n) is 25.6. The summed E-state index contributed by atoms with van der Waals surface area (Å²) in [5.74, 6) is -0.861. The lowest BCUT2D eigenvalue weighted by Gasteiger charge is -2.28. The molecule has 0 spiro atoms. The molecule has 0 N–H and O–H groups in total. The quantitative estimate of drug-likeness (QED) is 0.0195. The van der Waals surface area contributed by atoms with Gasteiger partial charge in [0.05, 0.1) is 27.7 Å². The smallest absolute Gasteiger partial charge is 0.306 e. The average molecular weight is 918 g/mol. The number of unbranched alkanes of at least 4 members (excludes halogenated alkanes) is 20. The molecule has 0 rings (SSSR count). The number of carbonyl (C=O) groups is 2. The highest BCUT2D eigenvalue weighted by atomic mass is 31.2. The first-order valence-corrected chi connectivity index (χ1v) is 27.1. The number of hydrogen-bond donors (Lipinski definition) is 0. The number of rotatable bonds is 46. The highest BCUT2D eigenvalue weighted by Gasteiger charge is 2.21. The number of ether oxygens (including phenoxy) is 2. The molecule has 2 unspecified atom stereocenters. The van der Waals surface area contributed by atoms with Gasteiger partial charge in [0, 0.05) is 12.8 Å². The molecule has 0 amide bonds. The number of phosphoric acid groups is 1. The van der Waals surface area contributed by atoms with Gasteiger partial charge in [-0.2, -0.15) is 0 Å². The second-order valence-electron chi connectivity index (χ2n) is 18.2. The third-order valence-corrected chi connectivity index (χ3v) is 11.7. The zero-order valence-electron chi connectivity index (χ0n) is 41.7. The standard InChI is InChI=1S/C54H96NO8P/c1-6-8-10-12-14-16-18-20-22-24-25-26-27-28-29-31-33-35-37-39-41-43-45-47-54(57)63-52(51-62-64(58,59)61-49-48-55(3,4)5)50-60-53(56)46-44-42-40-38-36-34-32-30-23-21-19-17-15-13-11-9-7-2/h8,10,14,16,20,22,25-26,28-29,33,35,52H,6-7,9,11-13,15,17-19,21,23-24,27,30-32,34,36-51H2,1-5H3/b10-8-,16-14-,22-20-,26-25-,29-28-,35-33-. The Morgan fingerprint density at radius 1 is 0.500 bits per heavy atom. The fourth-order valence-corrected chi connectivity index (χ4v) is 7.50. The number of esters is 2. The van der Waals surface area contributed by atoms with Crippen molar-refractivity contribution < 1.29 is 42.1 Å². The molecule has 2 atom stereocenters. The van der Waals surface area contributed by atoms with Crippen LogP contribution in [0.3, 0.4) is 0 Å². The Morgan fingerprint density at radius 2 is 0.891 bits per heavy atom. The molecule has 0 aromatic heterocycles. The summed E-state index contributed by atoms with van der Waals surface area (Å²) >= 11 is 0. The van der Waals surface area contributed by atoms with Gasteiger partial charge in [-0.1, -0.05) is 202 Å². The molecule has 0 saturated heterocycles. The fraction of sp³-hybridized carbons (Fsp3) is 0.741. The van der Waals surface area contributed by atoms with Crippen molar-refractivity contribution in [2.45, 2.75) is 213 Å². The summed E-state index contributed by atoms with van der Waals surface area (Å²) < 4.78 is 34.0. The second-order valence-corrected chi connectivity index (χ2v) is 19.6. The van der Waals surface area contributed by atoms with Gasteiger partial charge in [0.15, 0.2) is 6.10 Å². The molecule has 9 nitrogen and oxygen atoms in total. The molecule has 370 valence electrons. The molecule has 0 aliphatic carbocycles. The fourth-order valence-electron chi connectivity index (χ4n) is 6.78. The molecule has 0 aliphatic rings. The Labute approximate surface area is 393 Å². The number of nitrogens with zero attached hydrogens (tertiary/aromatic N) is 1. The predicted octanol–water partition coefficient (Wildman–Crippen LogP) is 14.7. The number of hydrogen-bond acceptors (Lipinski definition) is 8. The third-order valence-electron chi connectivity index (χ3n) is 10.7. The lowest BCUT2D eigenvalue weighted by molar-refractivity contribution is -0.870. The summed E-state index contributed by atoms with van der Waals surface area (Å²) in [6, 6.07) is 0. The highest BCUT2D eigenvalue weighted by Crippen LogP contribution is 2.38. The van der Waals surface area contributed by atoms with E-state index in [2.05, 4.69) is 86.8 Å². The molecular formula is C54H96NO8P. The van der Waals surface area contributed by atoms with Crippen molar-refractivity contribution in [1.29, 1.82) is 0 Å². The summed E-state index contributed by atoms with van der Waals surface area (Å²) in [6.07, 6.45) is 57.9. The number of quaternary nitrogens is 1. The van der Waals surface area contributed by atoms with Crippen LogP contribution >= 0.6 is 7.82 Å². The first kappa shape index (κ1) is 61.5. The number of phosphoric ester groups is 1. The van der Waals surface area contributed by atoms with E-state index in [1.54, 1.807) is 0 Å². The first-order chi connectivity index (χ1) is 31.0. The van der Waals surface area contributed by atoms with Gasteiger partial charge in [-0.25, -0.2) is 0 Å². The van der Waals surface area contributed by atoms with Crippen LogP contribution in [0.5, 0.6) is 0 Å². The summed E-state index contributed by atoms with van der Waals surface area (Å²) in [5.41, 5.74) is 0. The topological polar surface area (TPSA) is 111 Å². The average Bonchev–Trinajstić information content (AvgIpc) is 3.25. The van der Waals surface area contributed by atoms with Gasteiger partial charge in [0.1, 0.15) is 19.8 Å². The van der Waals surface area contributed by atoms with Crippen molar-refractivity contribution in [3.8, 4) is 0 Å². The van der Waals surface area contributed by atoms with Crippen LogP contribution in [0.4, 0.5) is 0 Å². The van der Waals surface area contributed by atoms with E-state index in [-0.39, 0.29) is 26.1 Å². The van der Waals surface area contributed by atoms with E-state index in [4.69, 9.17) is 18.5 Å². The van der Waals surface area contributed by atoms with Crippen LogP contribution in [0, 0.1) is 0 Å². The minimum Gasteiger partial charge on any atom is -0.756 e. The largest absolute Gasteiger partial charge is 0.756 e. The zero-order chi connectivity index (χ0) is 47.1. The van der Waals surface area contributed by atoms with E-state index in [0.717, 1.165) is 83.5 Å². The molecule has 64 heavy (non-hydrogen) atoms. The molecular weight excluding hydrogens is 822 g/mol. The lowest BCUT2D eigenvalue weighted by Crippen LogP contribution is -2.37. The molecule has 0 aliphatic heterocycles. The molecule has 0 saturated carbocycles. The van der Waals surface area contributed by atoms with Gasteiger partial charge >= 0.3 is 11.9 Å². The molecule has 10 heteroatoms. The Bertz CT molecular complexity index is 1310. The van der Waals surface area contributed by atoms with Crippen molar-refractivity contribution in [3.63, 3.8) is 0 Å². The Balaban J connectivity index is 4.33. The predicted molar refractivity (Wildman–Crippen MR) is 268 cm³/mol. The maximum atomic E-state index is 12.7. The summed E-state index contributed by atoms with van der Waals surface area (Å²) in [6.45, 7) is 4.10. The van der Waals surface area contributed by atoms with Crippen molar-refractivity contribution in [2.24, 2.45) is 0 Å². The Hall–Kier alpha value is -2.55. The van der Waals surface area contributed by atoms with Crippen LogP contribution < -0.4 is 4.89 Å². The molecule has 0 radical (unpaired) electrons. The van der Waals surface area contributed by atoms with Crippen LogP contribution in [0.1, 0.15) is 206 Å². The summed E-state index contributed by atoms with van der Waals surface area (Å²) in [5, 5.41) is 0. The highest BCUT2D eigenvalue weighted by molar-refractivity contribution is 7.45. The van der Waals surface area contributed by atoms with E-state index >= 15 is 0 Å². The van der Waals surface area contributed by atoms with E-state index < -0.39 is 32.5 Å². The van der Waals surface area contributed by atoms with E-state index in [1.165, 1.54) is 89.9 Å². The number of likely N-dealkylation sites (N-methyl/N-ethyl adjacent to an activating group) is 1. The van der Waals surface area contributed by atoms with Gasteiger partial charge in [0.2, 0.25) is 0 Å². The normalized spacial score (nSPS) is 14.0. The zero-order valence-corrected chi connectivity index (χ0v) is 42.6. The van der Waals surface area contributed by atoms with Crippen LogP contribution in [0.25, 0.3) is 0 Å². The van der Waals surface area contributed by atoms with Crippen LogP contribution in [-0.4, -0.2) is 70.0 Å². The number of carbonyl (C=O) groups excluding carboxylic acids is 2. The van der Waals surface area contributed by atoms with Crippen molar-refractivity contribution in [1.82, 2.24) is 0 Å². The summed E-state index contributed by atoms with van der Waals surface area (Å²) in [7, 11) is 1.14. The van der Waals surface area contributed by atoms with Gasteiger partial charge < -0.3 is 27.9 Å². The minimum atomic E-state index is -4.64.